The Labute approximate surface area is 145 Å². The molecule has 1 N–H and O–H groups in total. The number of ether oxygens (including phenoxy) is 1. The van der Waals surface area contributed by atoms with Crippen LogP contribution in [0.2, 0.25) is 0 Å². The largest absolute Gasteiger partial charge is 0.374 e. The summed E-state index contributed by atoms with van der Waals surface area (Å²) in [5.41, 5.74) is 1.34. The van der Waals surface area contributed by atoms with E-state index in [-0.39, 0.29) is 12.0 Å². The van der Waals surface area contributed by atoms with Crippen molar-refractivity contribution in [1.29, 1.82) is 0 Å². The van der Waals surface area contributed by atoms with Gasteiger partial charge in [-0.2, -0.15) is 0 Å². The molecule has 1 amide bonds. The van der Waals surface area contributed by atoms with E-state index < -0.39 is 0 Å². The molecule has 2 aliphatic rings. The second-order valence-corrected chi connectivity index (χ2v) is 7.32. The van der Waals surface area contributed by atoms with E-state index in [0.29, 0.717) is 18.5 Å². The van der Waals surface area contributed by atoms with Gasteiger partial charge in [0.2, 0.25) is 5.91 Å². The molecule has 1 aromatic carbocycles. The van der Waals surface area contributed by atoms with E-state index in [4.69, 9.17) is 4.74 Å². The summed E-state index contributed by atoms with van der Waals surface area (Å²) in [5, 5.41) is 3.01. The molecule has 2 atom stereocenters. The first-order valence-corrected chi connectivity index (χ1v) is 9.00. The first-order chi connectivity index (χ1) is 11.6. The zero-order chi connectivity index (χ0) is 16.9. The molecule has 3 rings (SSSR count). The third-order valence-corrected chi connectivity index (χ3v) is 4.80. The number of fused-ring (bicyclic) bond motifs is 1. The Kier molecular flexibility index (Phi) is 5.87. The summed E-state index contributed by atoms with van der Waals surface area (Å²) in [7, 11) is 0. The molecule has 0 unspecified atom stereocenters. The molecule has 0 bridgehead atoms. The van der Waals surface area contributed by atoms with Crippen LogP contribution in [0.3, 0.4) is 0 Å². The number of hydrogen-bond donors (Lipinski definition) is 1. The number of nitrogens with one attached hydrogen (secondary N) is 1. The van der Waals surface area contributed by atoms with Crippen molar-refractivity contribution in [3.63, 3.8) is 0 Å². The predicted octanol–water partition coefficient (Wildman–Crippen LogP) is 1.34. The molecule has 0 radical (unpaired) electrons. The fourth-order valence-corrected chi connectivity index (χ4v) is 3.55. The highest BCUT2D eigenvalue weighted by Crippen LogP contribution is 2.24. The summed E-state index contributed by atoms with van der Waals surface area (Å²) in [6.07, 6.45) is 0.223. The number of nitrogens with zero attached hydrogens (tertiary/aromatic N) is 2. The van der Waals surface area contributed by atoms with Crippen molar-refractivity contribution in [3.05, 3.63) is 35.9 Å². The number of hydrogen-bond acceptors (Lipinski definition) is 4. The van der Waals surface area contributed by atoms with Gasteiger partial charge in [0.05, 0.1) is 25.3 Å². The summed E-state index contributed by atoms with van der Waals surface area (Å²) in [5.74, 6) is 0.608. The molecule has 2 heterocycles. The average molecular weight is 331 g/mol. The van der Waals surface area contributed by atoms with Gasteiger partial charge in [0.1, 0.15) is 0 Å². The monoisotopic (exact) mass is 331 g/mol. The van der Waals surface area contributed by atoms with Gasteiger partial charge in [0.25, 0.3) is 0 Å². The van der Waals surface area contributed by atoms with Crippen LogP contribution >= 0.6 is 0 Å². The smallest absolute Gasteiger partial charge is 0.234 e. The predicted molar refractivity (Wildman–Crippen MR) is 94.7 cm³/mol. The third kappa shape index (κ3) is 4.56. The highest BCUT2D eigenvalue weighted by atomic mass is 16.5. The third-order valence-electron chi connectivity index (χ3n) is 4.80. The van der Waals surface area contributed by atoms with Crippen molar-refractivity contribution < 1.29 is 9.53 Å². The van der Waals surface area contributed by atoms with Crippen molar-refractivity contribution in [1.82, 2.24) is 15.1 Å². The van der Waals surface area contributed by atoms with E-state index >= 15 is 0 Å². The second kappa shape index (κ2) is 8.10. The number of morpholine rings is 1. The van der Waals surface area contributed by atoms with Gasteiger partial charge in [-0.1, -0.05) is 44.2 Å². The van der Waals surface area contributed by atoms with Gasteiger partial charge in [-0.15, -0.1) is 0 Å². The average Bonchev–Trinajstić information content (AvgIpc) is 2.97. The highest BCUT2D eigenvalue weighted by Gasteiger charge is 2.40. The van der Waals surface area contributed by atoms with E-state index in [9.17, 15) is 4.79 Å². The fourth-order valence-electron chi connectivity index (χ4n) is 3.55. The van der Waals surface area contributed by atoms with Gasteiger partial charge in [0.15, 0.2) is 0 Å². The molecule has 0 aliphatic carbocycles. The first-order valence-electron chi connectivity index (χ1n) is 9.00. The summed E-state index contributed by atoms with van der Waals surface area (Å²) >= 11 is 0. The summed E-state index contributed by atoms with van der Waals surface area (Å²) in [6.45, 7) is 9.90. The first kappa shape index (κ1) is 17.4. The lowest BCUT2D eigenvalue weighted by Gasteiger charge is -2.37. The summed E-state index contributed by atoms with van der Waals surface area (Å²) < 4.78 is 5.96. The Bertz CT molecular complexity index is 535. The van der Waals surface area contributed by atoms with Crippen LogP contribution in [0.1, 0.15) is 19.4 Å². The molecular weight excluding hydrogens is 302 g/mol. The van der Waals surface area contributed by atoms with Crippen molar-refractivity contribution >= 4 is 5.91 Å². The van der Waals surface area contributed by atoms with Gasteiger partial charge < -0.3 is 10.1 Å². The molecule has 2 aliphatic heterocycles. The lowest BCUT2D eigenvalue weighted by Crippen LogP contribution is -2.50. The molecule has 2 saturated heterocycles. The molecule has 24 heavy (non-hydrogen) atoms. The zero-order valence-corrected chi connectivity index (χ0v) is 14.8. The second-order valence-electron chi connectivity index (χ2n) is 7.32. The Morgan fingerprint density at radius 3 is 2.83 bits per heavy atom. The van der Waals surface area contributed by atoms with Gasteiger partial charge in [-0.05, 0) is 11.5 Å². The maximum absolute atomic E-state index is 12.1. The van der Waals surface area contributed by atoms with E-state index in [1.165, 1.54) is 5.56 Å². The number of rotatable bonds is 6. The molecule has 5 heteroatoms. The number of carbonyl (C=O) groups excluding carboxylic acids is 1. The van der Waals surface area contributed by atoms with Gasteiger partial charge in [0, 0.05) is 32.7 Å². The van der Waals surface area contributed by atoms with Crippen molar-refractivity contribution in [3.8, 4) is 0 Å². The molecule has 0 aromatic heterocycles. The number of likely N-dealkylation sites (tertiary alicyclic amines) is 1. The molecular formula is C19H29N3O2. The van der Waals surface area contributed by atoms with Crippen LogP contribution in [0.15, 0.2) is 30.3 Å². The van der Waals surface area contributed by atoms with Crippen molar-refractivity contribution in [2.24, 2.45) is 5.92 Å². The van der Waals surface area contributed by atoms with Crippen LogP contribution in [0.5, 0.6) is 0 Å². The van der Waals surface area contributed by atoms with E-state index in [1.54, 1.807) is 0 Å². The van der Waals surface area contributed by atoms with E-state index in [2.05, 4.69) is 59.3 Å². The van der Waals surface area contributed by atoms with Crippen molar-refractivity contribution in [2.75, 3.05) is 39.3 Å². The van der Waals surface area contributed by atoms with E-state index in [0.717, 1.165) is 39.3 Å². The number of amides is 1. The van der Waals surface area contributed by atoms with Crippen LogP contribution in [-0.2, 0) is 16.1 Å². The lowest BCUT2D eigenvalue weighted by molar-refractivity contribution is -0.122. The highest BCUT2D eigenvalue weighted by molar-refractivity contribution is 5.78. The number of carbonyl (C=O) groups is 1. The van der Waals surface area contributed by atoms with E-state index in [1.807, 2.05) is 0 Å². The minimum Gasteiger partial charge on any atom is -0.374 e. The van der Waals surface area contributed by atoms with Crippen molar-refractivity contribution in [2.45, 2.75) is 32.5 Å². The van der Waals surface area contributed by atoms with Crippen LogP contribution in [-0.4, -0.2) is 67.2 Å². The maximum atomic E-state index is 12.1. The van der Waals surface area contributed by atoms with Gasteiger partial charge in [-0.3, -0.25) is 14.6 Å². The van der Waals surface area contributed by atoms with Gasteiger partial charge in [-0.25, -0.2) is 0 Å². The summed E-state index contributed by atoms with van der Waals surface area (Å²) in [6, 6.07) is 11.0. The quantitative estimate of drug-likeness (QED) is 0.854. The molecule has 1 aromatic rings. The molecule has 0 spiro atoms. The van der Waals surface area contributed by atoms with Crippen LogP contribution < -0.4 is 5.32 Å². The van der Waals surface area contributed by atoms with Crippen LogP contribution in [0, 0.1) is 5.92 Å². The number of benzene rings is 1. The Morgan fingerprint density at radius 2 is 2.08 bits per heavy atom. The Morgan fingerprint density at radius 1 is 1.29 bits per heavy atom. The normalized spacial score (nSPS) is 25.0. The molecule has 2 fully saturated rings. The molecule has 5 nitrogen and oxygen atoms in total. The van der Waals surface area contributed by atoms with Crippen LogP contribution in [0.25, 0.3) is 0 Å². The standard InChI is InChI=1S/C19H29N3O2/c1-15(2)10-20-19(23)14-21-12-17-18(13-21)24-9-8-22(17)11-16-6-4-3-5-7-16/h3-7,15,17-18H,8-14H2,1-2H3,(H,20,23)/t17-,18+/m0/s1. The zero-order valence-electron chi connectivity index (χ0n) is 14.8. The minimum atomic E-state index is 0.122. The maximum Gasteiger partial charge on any atom is 0.234 e. The fraction of sp³-hybridized carbons (Fsp3) is 0.632. The Hall–Kier alpha value is -1.43. The lowest BCUT2D eigenvalue weighted by atomic mass is 10.1. The minimum absolute atomic E-state index is 0.122. The van der Waals surface area contributed by atoms with Crippen LogP contribution in [0.4, 0.5) is 0 Å². The molecule has 132 valence electrons. The topological polar surface area (TPSA) is 44.8 Å². The Balaban J connectivity index is 1.54. The van der Waals surface area contributed by atoms with Gasteiger partial charge >= 0.3 is 0 Å². The molecule has 0 saturated carbocycles. The summed E-state index contributed by atoms with van der Waals surface area (Å²) in [4.78, 5) is 16.8. The SMILES string of the molecule is CC(C)CNC(=O)CN1C[C@H]2OCCN(Cc3ccccc3)[C@H]2C1.